The SMILES string of the molecule is COc1ccc2c(c1)OCC(C(=O)NCCc1cnn(-c3ccccc3)c1)C2. The first-order chi connectivity index (χ1) is 13.7. The van der Waals surface area contributed by atoms with Crippen molar-refractivity contribution in [3.63, 3.8) is 0 Å². The van der Waals surface area contributed by atoms with E-state index in [9.17, 15) is 4.79 Å². The predicted molar refractivity (Wildman–Crippen MR) is 106 cm³/mol. The van der Waals surface area contributed by atoms with Crippen molar-refractivity contribution in [3.8, 4) is 17.2 Å². The number of rotatable bonds is 6. The Morgan fingerprint density at radius 2 is 2.14 bits per heavy atom. The summed E-state index contributed by atoms with van der Waals surface area (Å²) in [7, 11) is 1.63. The quantitative estimate of drug-likeness (QED) is 0.717. The maximum Gasteiger partial charge on any atom is 0.226 e. The molecule has 1 amide bonds. The summed E-state index contributed by atoms with van der Waals surface area (Å²) in [5, 5.41) is 7.41. The molecule has 0 aliphatic carbocycles. The number of methoxy groups -OCH3 is 1. The van der Waals surface area contributed by atoms with Gasteiger partial charge in [0.25, 0.3) is 0 Å². The molecule has 6 nitrogen and oxygen atoms in total. The monoisotopic (exact) mass is 377 g/mol. The van der Waals surface area contributed by atoms with E-state index in [4.69, 9.17) is 9.47 Å². The van der Waals surface area contributed by atoms with Gasteiger partial charge in [-0.2, -0.15) is 5.10 Å². The van der Waals surface area contributed by atoms with Crippen LogP contribution in [0.25, 0.3) is 5.69 Å². The predicted octanol–water partition coefficient (Wildman–Crippen LogP) is 2.79. The van der Waals surface area contributed by atoms with Gasteiger partial charge in [-0.15, -0.1) is 0 Å². The molecule has 1 aliphatic heterocycles. The van der Waals surface area contributed by atoms with Gasteiger partial charge in [0.15, 0.2) is 0 Å². The van der Waals surface area contributed by atoms with Gasteiger partial charge in [0.2, 0.25) is 5.91 Å². The lowest BCUT2D eigenvalue weighted by molar-refractivity contribution is -0.126. The summed E-state index contributed by atoms with van der Waals surface area (Å²) in [6, 6.07) is 15.7. The number of carbonyl (C=O) groups is 1. The number of aromatic nitrogens is 2. The number of benzene rings is 2. The summed E-state index contributed by atoms with van der Waals surface area (Å²) >= 11 is 0. The molecule has 1 N–H and O–H groups in total. The minimum atomic E-state index is -0.173. The van der Waals surface area contributed by atoms with Crippen LogP contribution in [0.15, 0.2) is 60.9 Å². The Morgan fingerprint density at radius 3 is 2.96 bits per heavy atom. The Bertz CT molecular complexity index is 953. The molecule has 1 aliphatic rings. The van der Waals surface area contributed by atoms with E-state index in [2.05, 4.69) is 10.4 Å². The molecule has 1 aromatic heterocycles. The Balaban J connectivity index is 1.29. The fraction of sp³-hybridized carbons (Fsp3) is 0.273. The van der Waals surface area contributed by atoms with E-state index < -0.39 is 0 Å². The smallest absolute Gasteiger partial charge is 0.226 e. The topological polar surface area (TPSA) is 65.4 Å². The van der Waals surface area contributed by atoms with E-state index in [1.54, 1.807) is 7.11 Å². The maximum atomic E-state index is 12.5. The number of para-hydroxylation sites is 1. The fourth-order valence-corrected chi connectivity index (χ4v) is 3.33. The maximum absolute atomic E-state index is 12.5. The molecule has 2 aromatic carbocycles. The Labute approximate surface area is 164 Å². The lowest BCUT2D eigenvalue weighted by atomic mass is 9.96. The fourth-order valence-electron chi connectivity index (χ4n) is 3.33. The van der Waals surface area contributed by atoms with E-state index >= 15 is 0 Å². The number of nitrogens with zero attached hydrogens (tertiary/aromatic N) is 2. The van der Waals surface area contributed by atoms with E-state index in [1.165, 1.54) is 0 Å². The molecule has 1 unspecified atom stereocenters. The largest absolute Gasteiger partial charge is 0.497 e. The van der Waals surface area contributed by atoms with Gasteiger partial charge in [0, 0.05) is 18.8 Å². The van der Waals surface area contributed by atoms with Gasteiger partial charge in [-0.3, -0.25) is 4.79 Å². The van der Waals surface area contributed by atoms with Gasteiger partial charge in [0.1, 0.15) is 18.1 Å². The lowest BCUT2D eigenvalue weighted by Gasteiger charge is -2.25. The Kier molecular flexibility index (Phi) is 5.28. The molecule has 0 saturated heterocycles. The zero-order chi connectivity index (χ0) is 19.3. The number of hydrogen-bond donors (Lipinski definition) is 1. The molecule has 6 heteroatoms. The van der Waals surface area contributed by atoms with Crippen molar-refractivity contribution >= 4 is 5.91 Å². The minimum absolute atomic E-state index is 0.0249. The summed E-state index contributed by atoms with van der Waals surface area (Å²) in [5.74, 6) is 1.42. The number of hydrogen-bond acceptors (Lipinski definition) is 4. The van der Waals surface area contributed by atoms with Crippen LogP contribution in [0.4, 0.5) is 0 Å². The normalized spacial score (nSPS) is 15.4. The summed E-state index contributed by atoms with van der Waals surface area (Å²) in [4.78, 5) is 12.5. The van der Waals surface area contributed by atoms with Crippen LogP contribution in [0.3, 0.4) is 0 Å². The Hall–Kier alpha value is -3.28. The Morgan fingerprint density at radius 1 is 1.29 bits per heavy atom. The van der Waals surface area contributed by atoms with E-state index in [0.717, 1.165) is 34.7 Å². The molecule has 0 fully saturated rings. The molecule has 144 valence electrons. The van der Waals surface area contributed by atoms with Crippen LogP contribution >= 0.6 is 0 Å². The van der Waals surface area contributed by atoms with Gasteiger partial charge in [0.05, 0.1) is 24.9 Å². The standard InChI is InChI=1S/C22H23N3O3/c1-27-20-8-7-17-11-18(15-28-21(17)12-20)22(26)23-10-9-16-13-24-25(14-16)19-5-3-2-4-6-19/h2-8,12-14,18H,9-11,15H2,1H3,(H,23,26). The van der Waals surface area contributed by atoms with Crippen molar-refractivity contribution in [1.82, 2.24) is 15.1 Å². The van der Waals surface area contributed by atoms with Crippen molar-refractivity contribution in [1.29, 1.82) is 0 Å². The number of ether oxygens (including phenoxy) is 2. The molecule has 4 rings (SSSR count). The number of fused-ring (bicyclic) bond motifs is 1. The molecule has 3 aromatic rings. The first-order valence-electron chi connectivity index (χ1n) is 9.39. The lowest BCUT2D eigenvalue weighted by Crippen LogP contribution is -2.38. The molecular formula is C22H23N3O3. The van der Waals surface area contributed by atoms with Crippen molar-refractivity contribution < 1.29 is 14.3 Å². The van der Waals surface area contributed by atoms with Gasteiger partial charge < -0.3 is 14.8 Å². The second-order valence-corrected chi connectivity index (χ2v) is 6.86. The molecule has 0 saturated carbocycles. The average Bonchev–Trinajstić information content (AvgIpc) is 3.22. The highest BCUT2D eigenvalue weighted by Crippen LogP contribution is 2.31. The molecule has 2 heterocycles. The first kappa shape index (κ1) is 18.1. The van der Waals surface area contributed by atoms with Crippen LogP contribution in [0.5, 0.6) is 11.5 Å². The molecule has 28 heavy (non-hydrogen) atoms. The van der Waals surface area contributed by atoms with Crippen LogP contribution in [-0.4, -0.2) is 35.9 Å². The summed E-state index contributed by atoms with van der Waals surface area (Å²) in [6.45, 7) is 0.962. The van der Waals surface area contributed by atoms with Crippen LogP contribution in [0, 0.1) is 5.92 Å². The van der Waals surface area contributed by atoms with Gasteiger partial charge in [-0.05, 0) is 42.2 Å². The summed E-state index contributed by atoms with van der Waals surface area (Å²) in [6.07, 6.45) is 5.25. The van der Waals surface area contributed by atoms with E-state index in [1.807, 2.05) is 65.6 Å². The van der Waals surface area contributed by atoms with E-state index in [0.29, 0.717) is 19.6 Å². The van der Waals surface area contributed by atoms with Crippen LogP contribution in [0.2, 0.25) is 0 Å². The second kappa shape index (κ2) is 8.17. The van der Waals surface area contributed by atoms with E-state index in [-0.39, 0.29) is 11.8 Å². The molecule has 0 bridgehead atoms. The van der Waals surface area contributed by atoms with Crippen LogP contribution in [-0.2, 0) is 17.6 Å². The van der Waals surface area contributed by atoms with Crippen molar-refractivity contribution in [2.24, 2.45) is 5.92 Å². The summed E-state index contributed by atoms with van der Waals surface area (Å²) < 4.78 is 12.8. The number of amides is 1. The average molecular weight is 377 g/mol. The van der Waals surface area contributed by atoms with Gasteiger partial charge >= 0.3 is 0 Å². The number of nitrogens with one attached hydrogen (secondary N) is 1. The highest BCUT2D eigenvalue weighted by Gasteiger charge is 2.26. The van der Waals surface area contributed by atoms with Crippen molar-refractivity contribution in [3.05, 3.63) is 72.1 Å². The minimum Gasteiger partial charge on any atom is -0.497 e. The van der Waals surface area contributed by atoms with Gasteiger partial charge in [-0.25, -0.2) is 4.68 Å². The highest BCUT2D eigenvalue weighted by molar-refractivity contribution is 5.79. The second-order valence-electron chi connectivity index (χ2n) is 6.86. The highest BCUT2D eigenvalue weighted by atomic mass is 16.5. The van der Waals surface area contributed by atoms with Crippen LogP contribution < -0.4 is 14.8 Å². The first-order valence-corrected chi connectivity index (χ1v) is 9.39. The van der Waals surface area contributed by atoms with Crippen molar-refractivity contribution in [2.45, 2.75) is 12.8 Å². The molecule has 1 atom stereocenters. The van der Waals surface area contributed by atoms with Crippen LogP contribution in [0.1, 0.15) is 11.1 Å². The third-order valence-corrected chi connectivity index (χ3v) is 4.92. The van der Waals surface area contributed by atoms with Crippen molar-refractivity contribution in [2.75, 3.05) is 20.3 Å². The molecule has 0 radical (unpaired) electrons. The third kappa shape index (κ3) is 4.01. The number of carbonyl (C=O) groups excluding carboxylic acids is 1. The zero-order valence-corrected chi connectivity index (χ0v) is 15.8. The van der Waals surface area contributed by atoms with Gasteiger partial charge in [-0.1, -0.05) is 24.3 Å². The molecule has 0 spiro atoms. The third-order valence-electron chi connectivity index (χ3n) is 4.92. The molecular weight excluding hydrogens is 354 g/mol. The summed E-state index contributed by atoms with van der Waals surface area (Å²) in [5.41, 5.74) is 3.14. The zero-order valence-electron chi connectivity index (χ0n) is 15.8.